The normalized spacial score (nSPS) is 25.7. The lowest BCUT2D eigenvalue weighted by Gasteiger charge is -2.60. The maximum atomic E-state index is 8.21. The van der Waals surface area contributed by atoms with Gasteiger partial charge in [0, 0.05) is 23.2 Å². The smallest absolute Gasteiger partial charge is 0.173 e. The van der Waals surface area contributed by atoms with Gasteiger partial charge in [-0.15, -0.1) is 0 Å². The fourth-order valence-corrected chi connectivity index (χ4v) is 29.6. The van der Waals surface area contributed by atoms with Crippen molar-refractivity contribution < 1.29 is 18.9 Å². The standard InChI is InChI=1S/C83H26O4/c1-3-7-17(8-4-1)13-84-15-20-21(16-85-14-18-9-5-2-6-10-18)87-81(86-20)12-19-11-22(81)83-79-73-67-57-49-39-31-27-24-23-25-29(31)37-45(39)59(67)65-55-47(37)41-33(25)34-26(23)30-32-28(24)36-35(27)43(49)53-54-44(36)50-40(32)46-38(30)48-42(34)52-51(41)61(55)69-70-62(52)56(48)66-60(46)68-58(50)64(54)76(75(79)63(53)57)80(83)74(68)72(66)78(70)82(19,83)77(69)71(65)73/h1-10,19-22H,11-16H2/t19-,20-,21-,22+,82?,83?/m0/s1. The van der Waals surface area contributed by atoms with Crippen LogP contribution >= 0.6 is 0 Å². The molecule has 0 N–H and O–H groups in total. The van der Waals surface area contributed by atoms with E-state index in [1.54, 1.807) is 313 Å². The van der Waals surface area contributed by atoms with E-state index in [0.717, 1.165) is 12.8 Å². The molecule has 0 aromatic heterocycles. The van der Waals surface area contributed by atoms with E-state index in [2.05, 4.69) is 60.7 Å². The highest BCUT2D eigenvalue weighted by molar-refractivity contribution is 6.82. The van der Waals surface area contributed by atoms with Gasteiger partial charge in [-0.05, 0) is 337 Å². The van der Waals surface area contributed by atoms with Crippen LogP contribution in [0.3, 0.4) is 0 Å². The second-order valence-electron chi connectivity index (χ2n) is 31.2. The molecule has 4 heteroatoms. The molecule has 2 bridgehead atoms. The predicted octanol–water partition coefficient (Wildman–Crippen LogP) is 20.2. The molecule has 4 atom stereocenters. The Bertz CT molecular complexity index is 7920. The van der Waals surface area contributed by atoms with Crippen LogP contribution in [-0.2, 0) is 43.0 Å². The molecule has 30 aromatic rings. The summed E-state index contributed by atoms with van der Waals surface area (Å²) in [5.41, 5.74) is 8.60. The molecular weight excluding hydrogens is 1060 g/mol. The van der Waals surface area contributed by atoms with Crippen molar-refractivity contribution >= 4 is 291 Å². The molecule has 87 heavy (non-hydrogen) atoms. The van der Waals surface area contributed by atoms with Crippen molar-refractivity contribution in [3.8, 4) is 0 Å². The molecule has 3 fully saturated rings. The highest BCUT2D eigenvalue weighted by Crippen LogP contribution is 2.90. The summed E-state index contributed by atoms with van der Waals surface area (Å²) in [6, 6.07) is 21.4. The Labute approximate surface area is 481 Å². The van der Waals surface area contributed by atoms with Crippen molar-refractivity contribution in [2.45, 2.75) is 54.9 Å². The van der Waals surface area contributed by atoms with E-state index in [-0.39, 0.29) is 29.5 Å². The van der Waals surface area contributed by atoms with Gasteiger partial charge >= 0.3 is 0 Å². The number of fused-ring (bicyclic) bond motifs is 3. The first-order valence-electron chi connectivity index (χ1n) is 32.7. The van der Waals surface area contributed by atoms with Crippen molar-refractivity contribution in [2.24, 2.45) is 11.8 Å². The largest absolute Gasteiger partial charge is 0.374 e. The van der Waals surface area contributed by atoms with Crippen molar-refractivity contribution in [1.29, 1.82) is 0 Å². The average molecular weight is 1090 g/mol. The molecule has 1 aliphatic heterocycles. The lowest BCUT2D eigenvalue weighted by Crippen LogP contribution is -2.62. The third-order valence-electron chi connectivity index (χ3n) is 30.1. The molecule has 1 saturated heterocycles. The van der Waals surface area contributed by atoms with Gasteiger partial charge in [0.05, 0.1) is 26.4 Å². The van der Waals surface area contributed by atoms with Crippen LogP contribution in [0.2, 0.25) is 0 Å². The number of benzene rings is 20. The molecule has 382 valence electrons. The quantitative estimate of drug-likeness (QED) is 0.142. The number of hydrogen-bond acceptors (Lipinski definition) is 4. The van der Waals surface area contributed by atoms with Gasteiger partial charge in [-0.25, -0.2) is 0 Å². The third kappa shape index (κ3) is 2.29. The first-order chi connectivity index (χ1) is 43.3. The predicted molar refractivity (Wildman–Crippen MR) is 355 cm³/mol. The summed E-state index contributed by atoms with van der Waals surface area (Å²) in [6.45, 7) is 1.99. The van der Waals surface area contributed by atoms with E-state index in [1.807, 2.05) is 0 Å². The Morgan fingerprint density at radius 2 is 0.494 bits per heavy atom. The zero-order chi connectivity index (χ0) is 52.6. The van der Waals surface area contributed by atoms with Crippen molar-refractivity contribution in [3.63, 3.8) is 0 Å². The van der Waals surface area contributed by atoms with Crippen LogP contribution < -0.4 is 0 Å². The summed E-state index contributed by atoms with van der Waals surface area (Å²) in [5, 5.41) is 89.0. The summed E-state index contributed by atoms with van der Waals surface area (Å²) in [5.74, 6) is -0.506. The van der Waals surface area contributed by atoms with Gasteiger partial charge in [0.1, 0.15) is 12.2 Å². The van der Waals surface area contributed by atoms with Gasteiger partial charge in [0.15, 0.2) is 5.79 Å². The summed E-state index contributed by atoms with van der Waals surface area (Å²) in [7, 11) is 0. The molecule has 7 aliphatic rings. The average Bonchev–Trinajstić information content (AvgIpc) is 1.38. The lowest BCUT2D eigenvalue weighted by atomic mass is 9.43. The second-order valence-corrected chi connectivity index (χ2v) is 31.2. The molecule has 0 radical (unpaired) electrons. The van der Waals surface area contributed by atoms with Crippen LogP contribution in [0.15, 0.2) is 60.7 Å². The van der Waals surface area contributed by atoms with E-state index in [0.29, 0.717) is 26.4 Å². The Morgan fingerprint density at radius 3 is 0.736 bits per heavy atom. The molecule has 2 saturated carbocycles. The number of rotatable bonds is 8. The fourth-order valence-electron chi connectivity index (χ4n) is 29.6. The summed E-state index contributed by atoms with van der Waals surface area (Å²) in [6.07, 6.45) is 1.38. The molecule has 0 amide bonds. The Morgan fingerprint density at radius 1 is 0.276 bits per heavy atom. The molecule has 3 spiro atoms. The van der Waals surface area contributed by atoms with Crippen LogP contribution in [-0.4, -0.2) is 31.2 Å². The molecule has 37 rings (SSSR count). The fraction of sp³-hybridized carbons (Fsp3) is 0.157. The van der Waals surface area contributed by atoms with E-state index < -0.39 is 11.2 Å². The Kier molecular flexibility index (Phi) is 3.74. The first-order valence-corrected chi connectivity index (χ1v) is 32.7. The molecule has 30 aromatic carbocycles. The van der Waals surface area contributed by atoms with E-state index in [1.165, 1.54) is 11.1 Å². The van der Waals surface area contributed by atoms with Gasteiger partial charge in [-0.2, -0.15) is 0 Å². The van der Waals surface area contributed by atoms with Crippen LogP contribution in [0.5, 0.6) is 0 Å². The third-order valence-corrected chi connectivity index (χ3v) is 30.1. The minimum absolute atomic E-state index is 0.0569. The topological polar surface area (TPSA) is 36.9 Å². The SMILES string of the molecule is c1ccc(COC[C@@H]2OC3(C[C@@H]4C[C@H]3C35c6c7c8c9c%10c%11c(c%12c%13c3c3c6c6c%14c7c7c8c8c%10c%10c%15c%11c%11c%12c%12c%13c%13c3c3c6c6c%14c%14c7c7c8c%10c8c%10c%15c%11c%11c%12c%12c%13c3c3c6c6c%14c7c8c7c%10c%11c%12c3c67)C945)O[C@H]2COCc2ccccc2)cc1. The Balaban J connectivity index is 0.832. The first kappa shape index (κ1) is 36.0. The van der Waals surface area contributed by atoms with E-state index in [9.17, 15) is 0 Å². The zero-order valence-electron chi connectivity index (χ0n) is 45.5. The summed E-state index contributed by atoms with van der Waals surface area (Å²) < 4.78 is 30.2. The van der Waals surface area contributed by atoms with Gasteiger partial charge in [-0.1, -0.05) is 60.7 Å². The van der Waals surface area contributed by atoms with Gasteiger partial charge in [0.25, 0.3) is 0 Å². The van der Waals surface area contributed by atoms with E-state index >= 15 is 0 Å². The zero-order valence-corrected chi connectivity index (χ0v) is 45.5. The molecular formula is C83H26O4. The Hall–Kier alpha value is -9.26. The van der Waals surface area contributed by atoms with Crippen molar-refractivity contribution in [3.05, 3.63) is 94.0 Å². The van der Waals surface area contributed by atoms with Crippen molar-refractivity contribution in [1.82, 2.24) is 0 Å². The molecule has 0 unspecified atom stereocenters. The van der Waals surface area contributed by atoms with Crippen LogP contribution in [0, 0.1) is 11.8 Å². The maximum Gasteiger partial charge on any atom is 0.173 e. The van der Waals surface area contributed by atoms with Gasteiger partial charge < -0.3 is 18.9 Å². The molecule has 1 heterocycles. The van der Waals surface area contributed by atoms with E-state index in [4.69, 9.17) is 18.9 Å². The molecule has 4 nitrogen and oxygen atoms in total. The van der Waals surface area contributed by atoms with Crippen LogP contribution in [0.25, 0.3) is 291 Å². The highest BCUT2D eigenvalue weighted by atomic mass is 16.8. The lowest BCUT2D eigenvalue weighted by molar-refractivity contribution is -0.229. The maximum absolute atomic E-state index is 8.21. The monoisotopic (exact) mass is 1090 g/mol. The highest BCUT2D eigenvalue weighted by Gasteiger charge is 2.84. The number of hydrogen-bond donors (Lipinski definition) is 0. The molecule has 6 aliphatic carbocycles. The second kappa shape index (κ2) is 9.03. The van der Waals surface area contributed by atoms with Crippen LogP contribution in [0.4, 0.5) is 0 Å². The van der Waals surface area contributed by atoms with Crippen LogP contribution in [0.1, 0.15) is 46.2 Å². The minimum atomic E-state index is -0.848. The van der Waals surface area contributed by atoms with Gasteiger partial charge in [-0.3, -0.25) is 0 Å². The minimum Gasteiger partial charge on any atom is -0.374 e. The van der Waals surface area contributed by atoms with Crippen molar-refractivity contribution in [2.75, 3.05) is 13.2 Å². The van der Waals surface area contributed by atoms with Gasteiger partial charge in [0.2, 0.25) is 0 Å². The summed E-state index contributed by atoms with van der Waals surface area (Å²) in [4.78, 5) is 0. The number of ether oxygens (including phenoxy) is 4. The summed E-state index contributed by atoms with van der Waals surface area (Å²) >= 11 is 0.